The van der Waals surface area contributed by atoms with Crippen molar-refractivity contribution < 1.29 is 19.1 Å². The van der Waals surface area contributed by atoms with Gasteiger partial charge < -0.3 is 14.4 Å². The van der Waals surface area contributed by atoms with Crippen LogP contribution in [0.15, 0.2) is 9.70 Å². The van der Waals surface area contributed by atoms with E-state index in [1.807, 2.05) is 6.92 Å². The van der Waals surface area contributed by atoms with Gasteiger partial charge in [-0.05, 0) is 51.2 Å². The molecule has 0 radical (unpaired) electrons. The lowest BCUT2D eigenvalue weighted by atomic mass is 9.95. The van der Waals surface area contributed by atoms with Gasteiger partial charge in [-0.3, -0.25) is 23.9 Å². The fourth-order valence-electron chi connectivity index (χ4n) is 4.79. The first-order chi connectivity index (χ1) is 18.3. The van der Waals surface area contributed by atoms with Gasteiger partial charge in [0, 0.05) is 45.5 Å². The molecule has 0 bridgehead atoms. The van der Waals surface area contributed by atoms with Gasteiger partial charge in [0.05, 0.1) is 17.4 Å². The number of hydrogen-bond donors (Lipinski definition) is 0. The Morgan fingerprint density at radius 2 is 1.92 bits per heavy atom. The largest absolute Gasteiger partial charge is 0.466 e. The predicted octanol–water partition coefficient (Wildman–Crippen LogP) is 3.85. The second kappa shape index (κ2) is 13.9. The van der Waals surface area contributed by atoms with Crippen LogP contribution in [0.1, 0.15) is 62.6 Å². The van der Waals surface area contributed by atoms with E-state index in [1.165, 1.54) is 11.8 Å². The summed E-state index contributed by atoms with van der Waals surface area (Å²) in [6, 6.07) is 2.09. The summed E-state index contributed by atoms with van der Waals surface area (Å²) in [7, 11) is 1.62. The number of nitriles is 1. The Balaban J connectivity index is 2.08. The van der Waals surface area contributed by atoms with Gasteiger partial charge in [-0.2, -0.15) is 5.26 Å². The van der Waals surface area contributed by atoms with Crippen molar-refractivity contribution >= 4 is 52.1 Å². The third-order valence-electron chi connectivity index (χ3n) is 6.88. The third-order valence-corrected chi connectivity index (χ3v) is 8.25. The van der Waals surface area contributed by atoms with Gasteiger partial charge >= 0.3 is 5.97 Å². The van der Waals surface area contributed by atoms with Crippen LogP contribution in [0.5, 0.6) is 0 Å². The van der Waals surface area contributed by atoms with E-state index >= 15 is 0 Å². The number of carbonyl (C=O) groups is 2. The number of rotatable bonds is 11. The lowest BCUT2D eigenvalue weighted by Crippen LogP contribution is -2.41. The Kier molecular flexibility index (Phi) is 10.9. The minimum absolute atomic E-state index is 0.0769. The van der Waals surface area contributed by atoms with Crippen molar-refractivity contribution in [1.29, 1.82) is 5.26 Å². The number of carbonyl (C=O) groups excluding carboxylic acids is 2. The number of hydrogen-bond acceptors (Lipinski definition) is 9. The van der Waals surface area contributed by atoms with Gasteiger partial charge in [0.15, 0.2) is 0 Å². The molecule has 9 nitrogen and oxygen atoms in total. The second-order valence-corrected chi connectivity index (χ2v) is 11.0. The summed E-state index contributed by atoms with van der Waals surface area (Å²) in [5.74, 6) is 0.122. The smallest absolute Gasteiger partial charge is 0.309 e. The van der Waals surface area contributed by atoms with Crippen LogP contribution >= 0.6 is 24.0 Å². The lowest BCUT2D eigenvalue weighted by molar-refractivity contribution is -0.148. The van der Waals surface area contributed by atoms with Crippen molar-refractivity contribution in [3.8, 4) is 6.07 Å². The highest BCUT2D eigenvalue weighted by Gasteiger charge is 2.34. The van der Waals surface area contributed by atoms with E-state index < -0.39 is 0 Å². The summed E-state index contributed by atoms with van der Waals surface area (Å²) in [4.78, 5) is 43.2. The first kappa shape index (κ1) is 29.9. The first-order valence-corrected chi connectivity index (χ1v) is 14.3. The number of esters is 1. The molecule has 3 rings (SSSR count). The standard InChI is InChI=1S/C27H36N4O5S2/c1-5-7-11-30-23(29-13-9-19(10-14-29)26(34)36-6-2)20(18(3)21(17-28)24(30)32)16-22-25(33)31(27(37)38-22)12-8-15-35-4/h16,19H,5-15H2,1-4H3/b22-16-. The van der Waals surface area contributed by atoms with E-state index in [0.29, 0.717) is 84.8 Å². The highest BCUT2D eigenvalue weighted by molar-refractivity contribution is 8.26. The van der Waals surface area contributed by atoms with Crippen LogP contribution in [-0.2, 0) is 25.6 Å². The van der Waals surface area contributed by atoms with Crippen LogP contribution in [0.3, 0.4) is 0 Å². The molecule has 0 aromatic carbocycles. The Morgan fingerprint density at radius 1 is 1.21 bits per heavy atom. The van der Waals surface area contributed by atoms with Crippen LogP contribution in [0.2, 0.25) is 0 Å². The van der Waals surface area contributed by atoms with Gasteiger partial charge in [-0.25, -0.2) is 0 Å². The van der Waals surface area contributed by atoms with Crippen LogP contribution in [0.4, 0.5) is 5.82 Å². The number of methoxy groups -OCH3 is 1. The van der Waals surface area contributed by atoms with E-state index in [0.717, 1.165) is 12.8 Å². The quantitative estimate of drug-likeness (QED) is 0.173. The third kappa shape index (κ3) is 6.47. The number of aromatic nitrogens is 1. The van der Waals surface area contributed by atoms with Crippen LogP contribution in [0, 0.1) is 24.2 Å². The number of pyridine rings is 1. The molecular formula is C27H36N4O5S2. The van der Waals surface area contributed by atoms with Crippen molar-refractivity contribution in [2.24, 2.45) is 5.92 Å². The molecule has 0 saturated carbocycles. The van der Waals surface area contributed by atoms with Crippen molar-refractivity contribution in [2.75, 3.05) is 44.9 Å². The van der Waals surface area contributed by atoms with E-state index in [4.69, 9.17) is 21.7 Å². The monoisotopic (exact) mass is 560 g/mol. The molecule has 1 amide bonds. The Labute approximate surface area is 233 Å². The number of piperidine rings is 1. The van der Waals surface area contributed by atoms with Gasteiger partial charge in [0.25, 0.3) is 11.5 Å². The molecule has 2 aliphatic rings. The zero-order valence-electron chi connectivity index (χ0n) is 22.6. The van der Waals surface area contributed by atoms with Gasteiger partial charge in [0.1, 0.15) is 21.8 Å². The normalized spacial score (nSPS) is 17.4. The zero-order chi connectivity index (χ0) is 27.8. The van der Waals surface area contributed by atoms with E-state index in [1.54, 1.807) is 36.5 Å². The number of thiocarbonyl (C=S) groups is 1. The molecule has 0 spiro atoms. The maximum absolute atomic E-state index is 13.5. The molecule has 0 aliphatic carbocycles. The summed E-state index contributed by atoms with van der Waals surface area (Å²) in [5, 5.41) is 9.88. The van der Waals surface area contributed by atoms with Crippen molar-refractivity contribution in [3.63, 3.8) is 0 Å². The van der Waals surface area contributed by atoms with Crippen molar-refractivity contribution in [3.05, 3.63) is 31.9 Å². The molecule has 0 unspecified atom stereocenters. The SMILES string of the molecule is CCCCn1c(N2CCC(C(=O)OCC)CC2)c(/C=C2\SC(=S)N(CCCOC)C2=O)c(C)c(C#N)c1=O. The molecule has 11 heteroatoms. The average Bonchev–Trinajstić information content (AvgIpc) is 3.17. The topological polar surface area (TPSA) is 105 Å². The van der Waals surface area contributed by atoms with Crippen LogP contribution < -0.4 is 10.5 Å². The highest BCUT2D eigenvalue weighted by atomic mass is 32.2. The Hall–Kier alpha value is -2.68. The molecule has 1 aromatic rings. The Bertz CT molecular complexity index is 1200. The van der Waals surface area contributed by atoms with E-state index in [9.17, 15) is 19.6 Å². The maximum Gasteiger partial charge on any atom is 0.309 e. The molecule has 2 saturated heterocycles. The summed E-state index contributed by atoms with van der Waals surface area (Å²) in [5.41, 5.74) is 0.958. The Morgan fingerprint density at radius 3 is 2.53 bits per heavy atom. The molecule has 1 aromatic heterocycles. The summed E-state index contributed by atoms with van der Waals surface area (Å²) >= 11 is 6.72. The number of ether oxygens (including phenoxy) is 2. The van der Waals surface area contributed by atoms with Crippen LogP contribution in [0.25, 0.3) is 6.08 Å². The van der Waals surface area contributed by atoms with Gasteiger partial charge in [-0.1, -0.05) is 37.3 Å². The average molecular weight is 561 g/mol. The minimum atomic E-state index is -0.328. The molecule has 38 heavy (non-hydrogen) atoms. The highest BCUT2D eigenvalue weighted by Crippen LogP contribution is 2.37. The van der Waals surface area contributed by atoms with E-state index in [2.05, 4.69) is 11.0 Å². The van der Waals surface area contributed by atoms with Crippen molar-refractivity contribution in [2.45, 2.75) is 59.4 Å². The molecule has 206 valence electrons. The minimum Gasteiger partial charge on any atom is -0.466 e. The van der Waals surface area contributed by atoms with Gasteiger partial charge in [-0.15, -0.1) is 0 Å². The maximum atomic E-state index is 13.5. The molecule has 2 fully saturated rings. The number of unbranched alkanes of at least 4 members (excludes halogenated alkanes) is 1. The zero-order valence-corrected chi connectivity index (χ0v) is 24.2. The molecule has 0 atom stereocenters. The van der Waals surface area contributed by atoms with E-state index in [-0.39, 0.29) is 28.9 Å². The summed E-state index contributed by atoms with van der Waals surface area (Å²) in [6.07, 6.45) is 5.28. The first-order valence-electron chi connectivity index (χ1n) is 13.1. The number of amides is 1. The van der Waals surface area contributed by atoms with Gasteiger partial charge in [0.2, 0.25) is 0 Å². The number of anilines is 1. The van der Waals surface area contributed by atoms with Crippen LogP contribution in [-0.4, -0.2) is 65.6 Å². The number of nitrogens with zero attached hydrogens (tertiary/aromatic N) is 4. The second-order valence-electron chi connectivity index (χ2n) is 9.35. The van der Waals surface area contributed by atoms with Crippen molar-refractivity contribution in [1.82, 2.24) is 9.47 Å². The molecule has 2 aliphatic heterocycles. The fourth-order valence-corrected chi connectivity index (χ4v) is 6.08. The number of thioether (sulfide) groups is 1. The molecule has 0 N–H and O–H groups in total. The summed E-state index contributed by atoms with van der Waals surface area (Å²) < 4.78 is 12.5. The molecule has 3 heterocycles. The molecular weight excluding hydrogens is 524 g/mol. The summed E-state index contributed by atoms with van der Waals surface area (Å²) in [6.45, 7) is 8.49. The predicted molar refractivity (Wildman–Crippen MR) is 153 cm³/mol. The lowest BCUT2D eigenvalue weighted by Gasteiger charge is -2.35. The fraction of sp³-hybridized carbons (Fsp3) is 0.593.